The molecule has 2 atom stereocenters. The number of fused-ring (bicyclic) bond motifs is 1. The van der Waals surface area contributed by atoms with Gasteiger partial charge in [0.25, 0.3) is 0 Å². The van der Waals surface area contributed by atoms with Crippen molar-refractivity contribution in [3.8, 4) is 5.75 Å². The maximum atomic E-state index is 13.3. The summed E-state index contributed by atoms with van der Waals surface area (Å²) in [5, 5.41) is 6.66. The highest BCUT2D eigenvalue weighted by Crippen LogP contribution is 2.37. The molecule has 1 aliphatic rings. The van der Waals surface area contributed by atoms with E-state index in [1.165, 1.54) is 10.5 Å². The zero-order valence-corrected chi connectivity index (χ0v) is 17.1. The lowest BCUT2D eigenvalue weighted by Gasteiger charge is -2.30. The van der Waals surface area contributed by atoms with Gasteiger partial charge < -0.3 is 10.1 Å². The Bertz CT molecular complexity index is 977. The summed E-state index contributed by atoms with van der Waals surface area (Å²) in [6.07, 6.45) is 0.984. The van der Waals surface area contributed by atoms with E-state index in [0.29, 0.717) is 5.75 Å². The van der Waals surface area contributed by atoms with Crippen LogP contribution in [0.15, 0.2) is 83.8 Å². The Morgan fingerprint density at radius 3 is 2.66 bits per heavy atom. The van der Waals surface area contributed by atoms with Gasteiger partial charge in [-0.25, -0.2) is 0 Å². The van der Waals surface area contributed by atoms with Crippen LogP contribution in [0, 0.1) is 0 Å². The van der Waals surface area contributed by atoms with Crippen molar-refractivity contribution >= 4 is 23.4 Å². The molecule has 0 bridgehead atoms. The van der Waals surface area contributed by atoms with Crippen LogP contribution < -0.4 is 15.4 Å². The van der Waals surface area contributed by atoms with E-state index in [-0.39, 0.29) is 11.9 Å². The average Bonchev–Trinajstić information content (AvgIpc) is 2.78. The first-order valence-corrected chi connectivity index (χ1v) is 10.7. The Balaban J connectivity index is 1.60. The lowest BCUT2D eigenvalue weighted by Crippen LogP contribution is -2.36. The van der Waals surface area contributed by atoms with Gasteiger partial charge in [0.05, 0.1) is 7.11 Å². The van der Waals surface area contributed by atoms with Gasteiger partial charge in [-0.05, 0) is 41.5 Å². The number of carbonyl (C=O) groups excluding carboxylic acids is 1. The molecule has 0 saturated carbocycles. The number of thioether (sulfide) groups is 1. The zero-order chi connectivity index (χ0) is 20.1. The molecule has 3 aromatic carbocycles. The normalized spacial score (nSPS) is 16.5. The quantitative estimate of drug-likeness (QED) is 0.593. The Labute approximate surface area is 175 Å². The summed E-state index contributed by atoms with van der Waals surface area (Å²) in [6.45, 7) is 0. The molecular weight excluding hydrogens is 380 g/mol. The van der Waals surface area contributed by atoms with E-state index in [1.54, 1.807) is 7.11 Å². The van der Waals surface area contributed by atoms with Gasteiger partial charge in [-0.15, -0.1) is 11.8 Å². The van der Waals surface area contributed by atoms with Gasteiger partial charge in [-0.2, -0.15) is 0 Å². The van der Waals surface area contributed by atoms with Crippen LogP contribution in [0.1, 0.15) is 29.6 Å². The lowest BCUT2D eigenvalue weighted by atomic mass is 9.99. The van der Waals surface area contributed by atoms with Crippen molar-refractivity contribution in [3.05, 3.63) is 90.0 Å². The fraction of sp³-hybridized carbons (Fsp3) is 0.208. The fourth-order valence-electron chi connectivity index (χ4n) is 3.60. The number of amides is 1. The first-order valence-electron chi connectivity index (χ1n) is 9.72. The second-order valence-corrected chi connectivity index (χ2v) is 8.10. The molecule has 4 rings (SSSR count). The second-order valence-electron chi connectivity index (χ2n) is 6.96. The molecule has 0 unspecified atom stereocenters. The Kier molecular flexibility index (Phi) is 6.17. The summed E-state index contributed by atoms with van der Waals surface area (Å²) in [4.78, 5) is 14.6. The van der Waals surface area contributed by atoms with Crippen LogP contribution in [-0.2, 0) is 4.79 Å². The highest BCUT2D eigenvalue weighted by molar-refractivity contribution is 7.99. The zero-order valence-electron chi connectivity index (χ0n) is 16.3. The summed E-state index contributed by atoms with van der Waals surface area (Å²) in [5.41, 5.74) is 2.93. The predicted molar refractivity (Wildman–Crippen MR) is 118 cm³/mol. The number of hydrogen-bond donors (Lipinski definition) is 2. The third-order valence-corrected chi connectivity index (χ3v) is 6.18. The molecule has 0 saturated heterocycles. The van der Waals surface area contributed by atoms with E-state index < -0.39 is 6.04 Å². The maximum absolute atomic E-state index is 13.3. The molecule has 0 aliphatic carbocycles. The summed E-state index contributed by atoms with van der Waals surface area (Å²) >= 11 is 1.88. The van der Waals surface area contributed by atoms with Crippen molar-refractivity contribution in [2.45, 2.75) is 23.4 Å². The van der Waals surface area contributed by atoms with Crippen LogP contribution in [-0.4, -0.2) is 18.8 Å². The van der Waals surface area contributed by atoms with Crippen LogP contribution in [0.5, 0.6) is 5.75 Å². The molecule has 4 nitrogen and oxygen atoms in total. The number of carbonyl (C=O) groups is 1. The van der Waals surface area contributed by atoms with Crippen LogP contribution in [0.2, 0.25) is 0 Å². The lowest BCUT2D eigenvalue weighted by molar-refractivity contribution is -0.118. The van der Waals surface area contributed by atoms with Gasteiger partial charge in [0.1, 0.15) is 11.8 Å². The van der Waals surface area contributed by atoms with Crippen LogP contribution in [0.3, 0.4) is 0 Å². The van der Waals surface area contributed by atoms with Crippen molar-refractivity contribution in [3.63, 3.8) is 0 Å². The van der Waals surface area contributed by atoms with Crippen molar-refractivity contribution in [2.24, 2.45) is 0 Å². The first-order chi connectivity index (χ1) is 14.2. The van der Waals surface area contributed by atoms with Crippen LogP contribution >= 0.6 is 11.8 Å². The van der Waals surface area contributed by atoms with Crippen molar-refractivity contribution in [1.29, 1.82) is 0 Å². The number of hydrogen-bond acceptors (Lipinski definition) is 4. The molecule has 3 aromatic rings. The highest BCUT2D eigenvalue weighted by Gasteiger charge is 2.27. The van der Waals surface area contributed by atoms with Crippen LogP contribution in [0.4, 0.5) is 5.69 Å². The second kappa shape index (κ2) is 9.16. The first kappa shape index (κ1) is 19.6. The Morgan fingerprint density at radius 1 is 1.03 bits per heavy atom. The van der Waals surface area contributed by atoms with Crippen LogP contribution in [0.25, 0.3) is 0 Å². The maximum Gasteiger partial charge on any atom is 0.246 e. The number of anilines is 1. The molecular formula is C24H24N2O2S. The minimum atomic E-state index is -0.455. The predicted octanol–water partition coefficient (Wildman–Crippen LogP) is 5.20. The van der Waals surface area contributed by atoms with Gasteiger partial charge in [-0.3, -0.25) is 10.1 Å². The number of ether oxygens (including phenoxy) is 1. The Hall–Kier alpha value is -2.76. The SMILES string of the molecule is COc1cccc(NC(=O)[C@@H](N[C@@H]2CCSc3ccccc32)c2ccccc2)c1. The van der Waals surface area contributed by atoms with Gasteiger partial charge in [0.15, 0.2) is 0 Å². The topological polar surface area (TPSA) is 50.4 Å². The Morgan fingerprint density at radius 2 is 1.83 bits per heavy atom. The standard InChI is InChI=1S/C24H24N2O2S/c1-28-19-11-7-10-18(16-19)25-24(27)23(17-8-3-2-4-9-17)26-21-14-15-29-22-13-6-5-12-20(21)22/h2-13,16,21,23,26H,14-15H2,1H3,(H,25,27)/t21-,23+/m1/s1. The monoisotopic (exact) mass is 404 g/mol. The van der Waals surface area contributed by atoms with E-state index in [2.05, 4.69) is 34.9 Å². The third kappa shape index (κ3) is 4.63. The number of nitrogens with one attached hydrogen (secondary N) is 2. The van der Waals surface area contributed by atoms with Gasteiger partial charge in [0, 0.05) is 22.7 Å². The molecule has 2 N–H and O–H groups in total. The minimum absolute atomic E-state index is 0.0832. The number of methoxy groups -OCH3 is 1. The molecule has 0 fully saturated rings. The summed E-state index contributed by atoms with van der Waals surface area (Å²) in [5.74, 6) is 1.67. The summed E-state index contributed by atoms with van der Waals surface area (Å²) in [6, 6.07) is 25.4. The van der Waals surface area contributed by atoms with E-state index in [9.17, 15) is 4.79 Å². The van der Waals surface area contributed by atoms with Crippen molar-refractivity contribution < 1.29 is 9.53 Å². The molecule has 0 spiro atoms. The molecule has 148 valence electrons. The molecule has 1 heterocycles. The van der Waals surface area contributed by atoms with E-state index in [1.807, 2.05) is 66.4 Å². The smallest absolute Gasteiger partial charge is 0.246 e. The molecule has 1 aliphatic heterocycles. The molecule has 1 amide bonds. The van der Waals surface area contributed by atoms with Gasteiger partial charge >= 0.3 is 0 Å². The number of benzene rings is 3. The molecule has 0 radical (unpaired) electrons. The van der Waals surface area contributed by atoms with Gasteiger partial charge in [-0.1, -0.05) is 54.6 Å². The summed E-state index contributed by atoms with van der Waals surface area (Å²) in [7, 11) is 1.62. The average molecular weight is 405 g/mol. The van der Waals surface area contributed by atoms with Crippen molar-refractivity contribution in [2.75, 3.05) is 18.2 Å². The van der Waals surface area contributed by atoms with E-state index >= 15 is 0 Å². The number of rotatable bonds is 6. The largest absolute Gasteiger partial charge is 0.497 e. The fourth-order valence-corrected chi connectivity index (χ4v) is 4.73. The van der Waals surface area contributed by atoms with Crippen molar-refractivity contribution in [1.82, 2.24) is 5.32 Å². The highest BCUT2D eigenvalue weighted by atomic mass is 32.2. The molecule has 0 aromatic heterocycles. The summed E-state index contributed by atoms with van der Waals surface area (Å²) < 4.78 is 5.27. The third-order valence-electron chi connectivity index (χ3n) is 5.06. The molecule has 5 heteroatoms. The molecule has 29 heavy (non-hydrogen) atoms. The van der Waals surface area contributed by atoms with Gasteiger partial charge in [0.2, 0.25) is 5.91 Å². The van der Waals surface area contributed by atoms with E-state index in [4.69, 9.17) is 4.74 Å². The van der Waals surface area contributed by atoms with E-state index in [0.717, 1.165) is 23.4 Å². The minimum Gasteiger partial charge on any atom is -0.497 e.